The third kappa shape index (κ3) is 4.53. The Morgan fingerprint density at radius 3 is 2.95 bits per heavy atom. The van der Waals surface area contributed by atoms with Crippen molar-refractivity contribution in [3.8, 4) is 0 Å². The number of aliphatic carboxylic acids is 1. The Morgan fingerprint density at radius 1 is 1.52 bits per heavy atom. The van der Waals surface area contributed by atoms with Gasteiger partial charge >= 0.3 is 5.97 Å². The summed E-state index contributed by atoms with van der Waals surface area (Å²) in [7, 11) is -3.58. The van der Waals surface area contributed by atoms with Gasteiger partial charge in [-0.2, -0.15) is 5.10 Å². The maximum atomic E-state index is 12.3. The maximum absolute atomic E-state index is 12.3. The Labute approximate surface area is 124 Å². The molecule has 1 aromatic heterocycles. The SMILES string of the molecule is CC1CCCC(NS(=O)(=O)c2cnn(CCC(=O)O)c2)C1. The fraction of sp³-hybridized carbons (Fsp3) is 0.692. The van der Waals surface area contributed by atoms with Gasteiger partial charge in [-0.1, -0.05) is 19.8 Å². The van der Waals surface area contributed by atoms with Gasteiger partial charge in [-0.3, -0.25) is 9.48 Å². The molecule has 0 radical (unpaired) electrons. The van der Waals surface area contributed by atoms with Crippen LogP contribution in [0, 0.1) is 5.92 Å². The number of hydrogen-bond acceptors (Lipinski definition) is 4. The standard InChI is InChI=1S/C13H21N3O4S/c1-10-3-2-4-11(7-10)15-21(19,20)12-8-14-16(9-12)6-5-13(17)18/h8-11,15H,2-7H2,1H3,(H,17,18). The number of carboxylic acids is 1. The lowest BCUT2D eigenvalue weighted by molar-refractivity contribution is -0.137. The van der Waals surface area contributed by atoms with E-state index < -0.39 is 16.0 Å². The van der Waals surface area contributed by atoms with Crippen LogP contribution in [-0.4, -0.2) is 35.3 Å². The largest absolute Gasteiger partial charge is 0.481 e. The number of nitrogens with one attached hydrogen (secondary N) is 1. The topological polar surface area (TPSA) is 101 Å². The molecule has 0 amide bonds. The first kappa shape index (κ1) is 16.0. The average molecular weight is 315 g/mol. The van der Waals surface area contributed by atoms with Crippen molar-refractivity contribution in [2.24, 2.45) is 5.92 Å². The Bertz CT molecular complexity index is 596. The van der Waals surface area contributed by atoms with E-state index in [4.69, 9.17) is 5.11 Å². The minimum absolute atomic E-state index is 0.0267. The zero-order valence-electron chi connectivity index (χ0n) is 12.0. The van der Waals surface area contributed by atoms with Crippen LogP contribution in [0.2, 0.25) is 0 Å². The molecule has 2 N–H and O–H groups in total. The molecule has 0 bridgehead atoms. The second kappa shape index (κ2) is 6.57. The van der Waals surface area contributed by atoms with Crippen molar-refractivity contribution in [1.82, 2.24) is 14.5 Å². The summed E-state index contributed by atoms with van der Waals surface area (Å²) in [6.45, 7) is 2.29. The van der Waals surface area contributed by atoms with E-state index in [0.29, 0.717) is 5.92 Å². The van der Waals surface area contributed by atoms with Crippen LogP contribution in [0.4, 0.5) is 0 Å². The molecule has 1 aliphatic rings. The Balaban J connectivity index is 2.00. The zero-order valence-corrected chi connectivity index (χ0v) is 12.8. The van der Waals surface area contributed by atoms with Crippen LogP contribution >= 0.6 is 0 Å². The van der Waals surface area contributed by atoms with Crippen molar-refractivity contribution in [2.45, 2.75) is 56.5 Å². The van der Waals surface area contributed by atoms with E-state index in [2.05, 4.69) is 16.7 Å². The Morgan fingerprint density at radius 2 is 2.29 bits per heavy atom. The molecule has 8 heteroatoms. The highest BCUT2D eigenvalue weighted by atomic mass is 32.2. The lowest BCUT2D eigenvalue weighted by Crippen LogP contribution is -2.37. The second-order valence-corrected chi connectivity index (χ2v) is 7.39. The monoisotopic (exact) mass is 315 g/mol. The molecule has 2 unspecified atom stereocenters. The van der Waals surface area contributed by atoms with Gasteiger partial charge in [0, 0.05) is 12.2 Å². The smallest absolute Gasteiger partial charge is 0.305 e. The summed E-state index contributed by atoms with van der Waals surface area (Å²) in [5, 5.41) is 12.5. The summed E-state index contributed by atoms with van der Waals surface area (Å²) in [5.41, 5.74) is 0. The fourth-order valence-electron chi connectivity index (χ4n) is 2.64. The van der Waals surface area contributed by atoms with Gasteiger partial charge in [-0.15, -0.1) is 0 Å². The molecule has 1 heterocycles. The van der Waals surface area contributed by atoms with Crippen LogP contribution in [0.25, 0.3) is 0 Å². The van der Waals surface area contributed by atoms with E-state index in [-0.39, 0.29) is 23.9 Å². The normalized spacial score (nSPS) is 23.1. The van der Waals surface area contributed by atoms with Crippen LogP contribution in [0.1, 0.15) is 39.0 Å². The number of carbonyl (C=O) groups is 1. The van der Waals surface area contributed by atoms with Crippen molar-refractivity contribution in [3.63, 3.8) is 0 Å². The molecule has 0 aromatic carbocycles. The molecule has 0 saturated heterocycles. The number of sulfonamides is 1. The van der Waals surface area contributed by atoms with Gasteiger partial charge in [-0.05, 0) is 18.8 Å². The van der Waals surface area contributed by atoms with Gasteiger partial charge < -0.3 is 5.11 Å². The van der Waals surface area contributed by atoms with E-state index in [1.165, 1.54) is 17.1 Å². The van der Waals surface area contributed by atoms with Gasteiger partial charge in [0.25, 0.3) is 0 Å². The average Bonchev–Trinajstić information content (AvgIpc) is 2.85. The lowest BCUT2D eigenvalue weighted by atomic mass is 9.88. The van der Waals surface area contributed by atoms with Crippen LogP contribution in [0.3, 0.4) is 0 Å². The van der Waals surface area contributed by atoms with Gasteiger partial charge in [0.05, 0.1) is 19.2 Å². The van der Waals surface area contributed by atoms with Crippen LogP contribution in [0.15, 0.2) is 17.3 Å². The number of hydrogen-bond donors (Lipinski definition) is 2. The van der Waals surface area contributed by atoms with E-state index in [0.717, 1.165) is 25.7 Å². The van der Waals surface area contributed by atoms with Gasteiger partial charge in [-0.25, -0.2) is 13.1 Å². The van der Waals surface area contributed by atoms with Crippen molar-refractivity contribution in [2.75, 3.05) is 0 Å². The summed E-state index contributed by atoms with van der Waals surface area (Å²) in [6.07, 6.45) is 6.43. The molecular weight excluding hydrogens is 294 g/mol. The van der Waals surface area contributed by atoms with Gasteiger partial charge in [0.15, 0.2) is 0 Å². The van der Waals surface area contributed by atoms with Crippen molar-refractivity contribution in [3.05, 3.63) is 12.4 Å². The number of aryl methyl sites for hydroxylation is 1. The van der Waals surface area contributed by atoms with Crippen LogP contribution < -0.4 is 4.72 Å². The van der Waals surface area contributed by atoms with Gasteiger partial charge in [0.1, 0.15) is 4.90 Å². The molecule has 21 heavy (non-hydrogen) atoms. The third-order valence-corrected chi connectivity index (χ3v) is 5.21. The quantitative estimate of drug-likeness (QED) is 0.822. The number of rotatable bonds is 6. The first-order valence-electron chi connectivity index (χ1n) is 7.13. The first-order chi connectivity index (χ1) is 9.87. The predicted octanol–water partition coefficient (Wildman–Crippen LogP) is 1.21. The number of carboxylic acid groups (broad SMARTS) is 1. The Kier molecular flexibility index (Phi) is 5.00. The van der Waals surface area contributed by atoms with Crippen molar-refractivity contribution in [1.29, 1.82) is 0 Å². The van der Waals surface area contributed by atoms with E-state index in [9.17, 15) is 13.2 Å². The van der Waals surface area contributed by atoms with Crippen LogP contribution in [-0.2, 0) is 21.4 Å². The van der Waals surface area contributed by atoms with Crippen molar-refractivity contribution >= 4 is 16.0 Å². The summed E-state index contributed by atoms with van der Waals surface area (Å²) in [4.78, 5) is 10.6. The first-order valence-corrected chi connectivity index (χ1v) is 8.62. The second-order valence-electron chi connectivity index (χ2n) is 5.67. The Hall–Kier alpha value is -1.41. The maximum Gasteiger partial charge on any atom is 0.305 e. The minimum atomic E-state index is -3.58. The molecule has 1 fully saturated rings. The highest BCUT2D eigenvalue weighted by molar-refractivity contribution is 7.89. The fourth-order valence-corrected chi connectivity index (χ4v) is 3.88. The van der Waals surface area contributed by atoms with Gasteiger partial charge in [0.2, 0.25) is 10.0 Å². The highest BCUT2D eigenvalue weighted by Gasteiger charge is 2.25. The molecule has 118 valence electrons. The molecule has 2 atom stereocenters. The highest BCUT2D eigenvalue weighted by Crippen LogP contribution is 2.24. The number of nitrogens with zero attached hydrogens (tertiary/aromatic N) is 2. The summed E-state index contributed by atoms with van der Waals surface area (Å²) in [5.74, 6) is -0.408. The summed E-state index contributed by atoms with van der Waals surface area (Å²) < 4.78 is 28.6. The molecule has 0 spiro atoms. The molecule has 7 nitrogen and oxygen atoms in total. The molecule has 1 aliphatic carbocycles. The van der Waals surface area contributed by atoms with Crippen molar-refractivity contribution < 1.29 is 18.3 Å². The number of aromatic nitrogens is 2. The predicted molar refractivity (Wildman–Crippen MR) is 76.2 cm³/mol. The lowest BCUT2D eigenvalue weighted by Gasteiger charge is -2.26. The minimum Gasteiger partial charge on any atom is -0.481 e. The molecular formula is C13H21N3O4S. The van der Waals surface area contributed by atoms with E-state index in [1.54, 1.807) is 0 Å². The summed E-state index contributed by atoms with van der Waals surface area (Å²) in [6, 6.07) is -0.0267. The molecule has 2 rings (SSSR count). The van der Waals surface area contributed by atoms with E-state index >= 15 is 0 Å². The molecule has 1 saturated carbocycles. The van der Waals surface area contributed by atoms with Crippen LogP contribution in [0.5, 0.6) is 0 Å². The summed E-state index contributed by atoms with van der Waals surface area (Å²) >= 11 is 0. The molecule has 0 aliphatic heterocycles. The third-order valence-electron chi connectivity index (χ3n) is 3.73. The zero-order chi connectivity index (χ0) is 15.5. The molecule has 1 aromatic rings. The van der Waals surface area contributed by atoms with E-state index in [1.807, 2.05) is 0 Å².